The Morgan fingerprint density at radius 1 is 1.44 bits per heavy atom. The number of hydrogen-bond acceptors (Lipinski definition) is 1. The van der Waals surface area contributed by atoms with Crippen molar-refractivity contribution in [2.24, 2.45) is 5.92 Å². The van der Waals surface area contributed by atoms with Gasteiger partial charge in [0.15, 0.2) is 0 Å². The summed E-state index contributed by atoms with van der Waals surface area (Å²) in [7, 11) is 0. The Morgan fingerprint density at radius 2 is 2.19 bits per heavy atom. The molecule has 0 amide bonds. The zero-order valence-corrected chi connectivity index (χ0v) is 11.5. The Morgan fingerprint density at radius 3 is 2.75 bits per heavy atom. The largest absolute Gasteiger partial charge is 0.369 e. The van der Waals surface area contributed by atoms with Crippen molar-refractivity contribution in [1.82, 2.24) is 0 Å². The van der Waals surface area contributed by atoms with Gasteiger partial charge in [-0.05, 0) is 38.2 Å². The SMILES string of the molecule is Cc1cccc(C(CBr)OC(C)C2CC2)c1. The topological polar surface area (TPSA) is 9.23 Å². The predicted molar refractivity (Wildman–Crippen MR) is 71.0 cm³/mol. The summed E-state index contributed by atoms with van der Waals surface area (Å²) in [5.74, 6) is 0.798. The van der Waals surface area contributed by atoms with Gasteiger partial charge in [-0.15, -0.1) is 0 Å². The zero-order chi connectivity index (χ0) is 11.5. The average molecular weight is 283 g/mol. The van der Waals surface area contributed by atoms with Gasteiger partial charge < -0.3 is 4.74 Å². The van der Waals surface area contributed by atoms with Crippen molar-refractivity contribution < 1.29 is 4.74 Å². The first-order valence-corrected chi connectivity index (χ1v) is 7.11. The molecule has 0 N–H and O–H groups in total. The van der Waals surface area contributed by atoms with E-state index in [0.29, 0.717) is 6.10 Å². The van der Waals surface area contributed by atoms with Crippen molar-refractivity contribution in [3.8, 4) is 0 Å². The lowest BCUT2D eigenvalue weighted by Gasteiger charge is -2.21. The smallest absolute Gasteiger partial charge is 0.0925 e. The van der Waals surface area contributed by atoms with Crippen LogP contribution >= 0.6 is 15.9 Å². The van der Waals surface area contributed by atoms with Gasteiger partial charge in [-0.25, -0.2) is 0 Å². The fourth-order valence-corrected chi connectivity index (χ4v) is 2.54. The van der Waals surface area contributed by atoms with E-state index in [-0.39, 0.29) is 6.10 Å². The third kappa shape index (κ3) is 3.08. The predicted octanol–water partition coefficient (Wildman–Crippen LogP) is 4.25. The number of rotatable bonds is 5. The highest BCUT2D eigenvalue weighted by Gasteiger charge is 2.30. The van der Waals surface area contributed by atoms with Crippen molar-refractivity contribution in [1.29, 1.82) is 0 Å². The van der Waals surface area contributed by atoms with Crippen molar-refractivity contribution in [2.45, 2.75) is 38.9 Å². The van der Waals surface area contributed by atoms with Crippen LogP contribution in [0, 0.1) is 12.8 Å². The molecule has 2 heteroatoms. The van der Waals surface area contributed by atoms with E-state index in [1.54, 1.807) is 0 Å². The molecule has 2 unspecified atom stereocenters. The third-order valence-corrected chi connectivity index (χ3v) is 3.81. The van der Waals surface area contributed by atoms with Crippen molar-refractivity contribution >= 4 is 15.9 Å². The van der Waals surface area contributed by atoms with Crippen LogP contribution < -0.4 is 0 Å². The van der Waals surface area contributed by atoms with E-state index >= 15 is 0 Å². The zero-order valence-electron chi connectivity index (χ0n) is 9.95. The highest BCUT2D eigenvalue weighted by Crippen LogP contribution is 2.36. The standard InChI is InChI=1S/C14H19BrO/c1-10-4-3-5-13(8-10)14(9-15)16-11(2)12-6-7-12/h3-5,8,11-12,14H,6-7,9H2,1-2H3. The molecule has 1 nitrogen and oxygen atoms in total. The van der Waals surface area contributed by atoms with E-state index in [4.69, 9.17) is 4.74 Å². The first kappa shape index (κ1) is 12.1. The van der Waals surface area contributed by atoms with Gasteiger partial charge in [0, 0.05) is 5.33 Å². The third-order valence-electron chi connectivity index (χ3n) is 3.22. The van der Waals surface area contributed by atoms with Gasteiger partial charge in [0.25, 0.3) is 0 Å². The van der Waals surface area contributed by atoms with E-state index in [2.05, 4.69) is 54.0 Å². The summed E-state index contributed by atoms with van der Waals surface area (Å²) in [6.45, 7) is 4.32. The van der Waals surface area contributed by atoms with Gasteiger partial charge in [-0.1, -0.05) is 45.8 Å². The molecule has 1 saturated carbocycles. The van der Waals surface area contributed by atoms with E-state index in [1.807, 2.05) is 0 Å². The van der Waals surface area contributed by atoms with Crippen LogP contribution in [-0.4, -0.2) is 11.4 Å². The molecule has 0 aromatic heterocycles. The summed E-state index contributed by atoms with van der Waals surface area (Å²) in [5.41, 5.74) is 2.58. The minimum Gasteiger partial charge on any atom is -0.369 e. The molecule has 0 bridgehead atoms. The second-order valence-corrected chi connectivity index (χ2v) is 5.38. The Bertz CT molecular complexity index is 346. The highest BCUT2D eigenvalue weighted by atomic mass is 79.9. The molecule has 0 aliphatic heterocycles. The van der Waals surface area contributed by atoms with E-state index in [1.165, 1.54) is 24.0 Å². The van der Waals surface area contributed by atoms with Gasteiger partial charge in [0.05, 0.1) is 12.2 Å². The highest BCUT2D eigenvalue weighted by molar-refractivity contribution is 9.09. The van der Waals surface area contributed by atoms with Crippen LogP contribution in [0.4, 0.5) is 0 Å². The van der Waals surface area contributed by atoms with Gasteiger partial charge in [0.1, 0.15) is 0 Å². The summed E-state index contributed by atoms with van der Waals surface area (Å²) in [6, 6.07) is 8.59. The number of benzene rings is 1. The molecule has 1 aliphatic carbocycles. The van der Waals surface area contributed by atoms with Gasteiger partial charge in [-0.3, -0.25) is 0 Å². The Hall–Kier alpha value is -0.340. The van der Waals surface area contributed by atoms with Crippen LogP contribution in [0.25, 0.3) is 0 Å². The summed E-state index contributed by atoms with van der Waals surface area (Å²) >= 11 is 3.55. The van der Waals surface area contributed by atoms with Crippen LogP contribution in [0.2, 0.25) is 0 Å². The van der Waals surface area contributed by atoms with Crippen LogP contribution in [0.15, 0.2) is 24.3 Å². The Labute approximate surface area is 106 Å². The number of aryl methyl sites for hydroxylation is 1. The van der Waals surface area contributed by atoms with Crippen LogP contribution in [0.3, 0.4) is 0 Å². The molecule has 0 heterocycles. The van der Waals surface area contributed by atoms with Crippen LogP contribution in [0.1, 0.15) is 37.0 Å². The summed E-state index contributed by atoms with van der Waals surface area (Å²) in [4.78, 5) is 0. The van der Waals surface area contributed by atoms with E-state index < -0.39 is 0 Å². The Kier molecular flexibility index (Phi) is 4.04. The number of alkyl halides is 1. The summed E-state index contributed by atoms with van der Waals surface area (Å²) in [5, 5.41) is 0.869. The molecular formula is C14H19BrO. The molecule has 1 fully saturated rings. The quantitative estimate of drug-likeness (QED) is 0.734. The second kappa shape index (κ2) is 5.33. The number of hydrogen-bond donors (Lipinski definition) is 0. The maximum Gasteiger partial charge on any atom is 0.0925 e. The lowest BCUT2D eigenvalue weighted by molar-refractivity contribution is -0.00153. The molecule has 88 valence electrons. The maximum absolute atomic E-state index is 6.12. The van der Waals surface area contributed by atoms with Gasteiger partial charge >= 0.3 is 0 Å². The summed E-state index contributed by atoms with van der Waals surface area (Å²) < 4.78 is 6.12. The fraction of sp³-hybridized carbons (Fsp3) is 0.571. The van der Waals surface area contributed by atoms with Crippen molar-refractivity contribution in [3.63, 3.8) is 0 Å². The molecule has 0 radical (unpaired) electrons. The maximum atomic E-state index is 6.12. The molecule has 1 aromatic carbocycles. The fourth-order valence-electron chi connectivity index (χ4n) is 2.01. The van der Waals surface area contributed by atoms with Gasteiger partial charge in [-0.2, -0.15) is 0 Å². The minimum absolute atomic E-state index is 0.190. The lowest BCUT2D eigenvalue weighted by Crippen LogP contribution is -2.16. The average Bonchev–Trinajstić information content (AvgIpc) is 3.09. The van der Waals surface area contributed by atoms with Crippen molar-refractivity contribution in [2.75, 3.05) is 5.33 Å². The van der Waals surface area contributed by atoms with Crippen LogP contribution in [0.5, 0.6) is 0 Å². The lowest BCUT2D eigenvalue weighted by atomic mass is 10.1. The molecule has 1 aromatic rings. The Balaban J connectivity index is 2.03. The van der Waals surface area contributed by atoms with E-state index in [0.717, 1.165) is 11.2 Å². The molecule has 0 saturated heterocycles. The second-order valence-electron chi connectivity index (χ2n) is 4.74. The minimum atomic E-state index is 0.190. The van der Waals surface area contributed by atoms with Crippen LogP contribution in [-0.2, 0) is 4.74 Å². The molecule has 16 heavy (non-hydrogen) atoms. The molecule has 2 rings (SSSR count). The molecular weight excluding hydrogens is 264 g/mol. The molecule has 1 aliphatic rings. The first-order valence-electron chi connectivity index (χ1n) is 5.98. The van der Waals surface area contributed by atoms with Crippen molar-refractivity contribution in [3.05, 3.63) is 35.4 Å². The molecule has 2 atom stereocenters. The summed E-state index contributed by atoms with van der Waals surface area (Å²) in [6.07, 6.45) is 3.26. The first-order chi connectivity index (χ1) is 7.70. The number of halogens is 1. The molecule has 0 spiro atoms. The van der Waals surface area contributed by atoms with E-state index in [9.17, 15) is 0 Å². The van der Waals surface area contributed by atoms with Gasteiger partial charge in [0.2, 0.25) is 0 Å². The normalized spacial score (nSPS) is 19.4. The number of ether oxygens (including phenoxy) is 1. The monoisotopic (exact) mass is 282 g/mol.